The largest absolute Gasteiger partial charge is 0.493 e. The molecule has 2 aromatic rings. The third kappa shape index (κ3) is 3.79. The molecule has 1 aliphatic carbocycles. The second kappa shape index (κ2) is 7.04. The van der Waals surface area contributed by atoms with Crippen LogP contribution in [0.3, 0.4) is 0 Å². The molecular weight excluding hydrogens is 371 g/mol. The van der Waals surface area contributed by atoms with E-state index in [0.717, 1.165) is 28.8 Å². The second-order valence-electron chi connectivity index (χ2n) is 7.60. The fraction of sp³-hybridized carbons (Fsp3) is 0.381. The van der Waals surface area contributed by atoms with E-state index in [0.29, 0.717) is 12.0 Å². The summed E-state index contributed by atoms with van der Waals surface area (Å²) >= 11 is 0. The molecule has 0 saturated heterocycles. The summed E-state index contributed by atoms with van der Waals surface area (Å²) in [5, 5.41) is 11.7. The van der Waals surface area contributed by atoms with Gasteiger partial charge < -0.3 is 15.2 Å². The molecule has 0 radical (unpaired) electrons. The zero-order chi connectivity index (χ0) is 20.7. The van der Waals surface area contributed by atoms with E-state index in [-0.39, 0.29) is 23.8 Å². The molecule has 1 amide bonds. The van der Waals surface area contributed by atoms with Gasteiger partial charge in [0.2, 0.25) is 0 Å². The zero-order valence-corrected chi connectivity index (χ0v) is 15.9. The monoisotopic (exact) mass is 393 g/mol. The van der Waals surface area contributed by atoms with Crippen LogP contribution in [0.2, 0.25) is 0 Å². The van der Waals surface area contributed by atoms with E-state index >= 15 is 0 Å². The number of benzene rings is 2. The van der Waals surface area contributed by atoms with Crippen molar-refractivity contribution in [2.75, 3.05) is 6.61 Å². The number of amides is 1. The Bertz CT molecular complexity index is 906. The third-order valence-electron chi connectivity index (χ3n) is 5.07. The minimum Gasteiger partial charge on any atom is -0.493 e. The van der Waals surface area contributed by atoms with Crippen LogP contribution in [0.5, 0.6) is 5.75 Å². The zero-order valence-electron chi connectivity index (χ0n) is 15.9. The minimum atomic E-state index is -4.44. The van der Waals surface area contributed by atoms with E-state index in [9.17, 15) is 18.0 Å². The normalized spacial score (nSPS) is 17.9. The fourth-order valence-corrected chi connectivity index (χ4v) is 3.83. The molecule has 3 rings (SSSR count). The maximum Gasteiger partial charge on any atom is 0.416 e. The van der Waals surface area contributed by atoms with E-state index in [1.807, 2.05) is 26.0 Å². The molecule has 28 heavy (non-hydrogen) atoms. The van der Waals surface area contributed by atoms with Gasteiger partial charge in [-0.3, -0.25) is 0 Å². The Morgan fingerprint density at radius 1 is 1.25 bits per heavy atom. The number of hydrogen-bond acceptors (Lipinski definition) is 2. The van der Waals surface area contributed by atoms with Crippen molar-refractivity contribution < 1.29 is 27.8 Å². The summed E-state index contributed by atoms with van der Waals surface area (Å²) in [5.74, 6) is 0.176. The van der Waals surface area contributed by atoms with Crippen LogP contribution in [-0.2, 0) is 12.6 Å². The van der Waals surface area contributed by atoms with Gasteiger partial charge in [0.15, 0.2) is 0 Å². The van der Waals surface area contributed by atoms with Crippen LogP contribution >= 0.6 is 0 Å². The van der Waals surface area contributed by atoms with Crippen LogP contribution in [0, 0.1) is 5.41 Å². The first kappa shape index (κ1) is 20.0. The summed E-state index contributed by atoms with van der Waals surface area (Å²) in [4.78, 5) is 11.2. The molecule has 0 fully saturated rings. The molecule has 0 heterocycles. The Kier molecular flexibility index (Phi) is 5.04. The smallest absolute Gasteiger partial charge is 0.416 e. The lowest BCUT2D eigenvalue weighted by molar-refractivity contribution is -0.137. The number of hydrogen-bond donors (Lipinski definition) is 2. The van der Waals surface area contributed by atoms with Crippen LogP contribution in [0.25, 0.3) is 11.1 Å². The first-order valence-electron chi connectivity index (χ1n) is 8.99. The Morgan fingerprint density at radius 2 is 1.96 bits per heavy atom. The van der Waals surface area contributed by atoms with Gasteiger partial charge >= 0.3 is 12.3 Å². The third-order valence-corrected chi connectivity index (χ3v) is 5.07. The average molecular weight is 393 g/mol. The van der Waals surface area contributed by atoms with Crippen LogP contribution in [0.15, 0.2) is 36.4 Å². The lowest BCUT2D eigenvalue weighted by Crippen LogP contribution is -2.34. The van der Waals surface area contributed by atoms with Gasteiger partial charge in [-0.05, 0) is 47.6 Å². The van der Waals surface area contributed by atoms with Crippen molar-refractivity contribution in [3.05, 3.63) is 53.1 Å². The van der Waals surface area contributed by atoms with Gasteiger partial charge in [0, 0.05) is 5.56 Å². The van der Waals surface area contributed by atoms with Gasteiger partial charge in [0.25, 0.3) is 0 Å². The fourth-order valence-electron chi connectivity index (χ4n) is 3.83. The van der Waals surface area contributed by atoms with Crippen LogP contribution < -0.4 is 10.1 Å². The highest BCUT2D eigenvalue weighted by atomic mass is 19.4. The Morgan fingerprint density at radius 3 is 2.57 bits per heavy atom. The van der Waals surface area contributed by atoms with E-state index in [1.165, 1.54) is 6.07 Å². The van der Waals surface area contributed by atoms with Crippen molar-refractivity contribution in [3.8, 4) is 16.9 Å². The number of rotatable bonds is 4. The SMILES string of the molecule is CCOc1cc(C(F)(F)F)ccc1-c1ccc2c(c1)CC(C)(C)C2NC(=O)O. The van der Waals surface area contributed by atoms with Crippen molar-refractivity contribution in [3.63, 3.8) is 0 Å². The molecule has 0 saturated carbocycles. The van der Waals surface area contributed by atoms with E-state index < -0.39 is 17.8 Å². The van der Waals surface area contributed by atoms with Crippen molar-refractivity contribution in [2.45, 2.75) is 39.4 Å². The molecule has 0 spiro atoms. The van der Waals surface area contributed by atoms with Crippen molar-refractivity contribution in [1.29, 1.82) is 0 Å². The molecule has 2 N–H and O–H groups in total. The van der Waals surface area contributed by atoms with Gasteiger partial charge in [-0.2, -0.15) is 13.2 Å². The summed E-state index contributed by atoms with van der Waals surface area (Å²) in [7, 11) is 0. The summed E-state index contributed by atoms with van der Waals surface area (Å²) < 4.78 is 44.6. The molecule has 4 nitrogen and oxygen atoms in total. The molecule has 1 aliphatic rings. The molecule has 1 atom stereocenters. The van der Waals surface area contributed by atoms with Crippen molar-refractivity contribution >= 4 is 6.09 Å². The summed E-state index contributed by atoms with van der Waals surface area (Å²) in [6, 6.07) is 8.69. The van der Waals surface area contributed by atoms with Gasteiger partial charge in [0.1, 0.15) is 5.75 Å². The maximum absolute atomic E-state index is 13.0. The molecular formula is C21H22F3NO3. The highest BCUT2D eigenvalue weighted by Gasteiger charge is 2.40. The summed E-state index contributed by atoms with van der Waals surface area (Å²) in [6.07, 6.45) is -4.87. The van der Waals surface area contributed by atoms with Crippen molar-refractivity contribution in [1.82, 2.24) is 5.32 Å². The maximum atomic E-state index is 13.0. The van der Waals surface area contributed by atoms with E-state index in [1.54, 1.807) is 13.0 Å². The molecule has 150 valence electrons. The quantitative estimate of drug-likeness (QED) is 0.704. The highest BCUT2D eigenvalue weighted by Crippen LogP contribution is 2.47. The topological polar surface area (TPSA) is 58.6 Å². The summed E-state index contributed by atoms with van der Waals surface area (Å²) in [5.41, 5.74) is 2.12. The molecule has 0 bridgehead atoms. The van der Waals surface area contributed by atoms with E-state index in [4.69, 9.17) is 9.84 Å². The number of alkyl halides is 3. The molecule has 2 aromatic carbocycles. The minimum absolute atomic E-state index is 0.176. The Hall–Kier alpha value is -2.70. The molecule has 1 unspecified atom stereocenters. The van der Waals surface area contributed by atoms with Gasteiger partial charge in [-0.25, -0.2) is 4.79 Å². The predicted octanol–water partition coefficient (Wildman–Crippen LogP) is 5.66. The number of carboxylic acid groups (broad SMARTS) is 1. The number of fused-ring (bicyclic) bond motifs is 1. The molecule has 0 aromatic heterocycles. The lowest BCUT2D eigenvalue weighted by Gasteiger charge is -2.27. The standard InChI is InChI=1S/C21H22F3NO3/c1-4-28-17-10-14(21(22,23)24)6-8-15(17)12-5-7-16-13(9-12)11-20(2,3)18(16)25-19(26)27/h5-10,18,25H,4,11H2,1-3H3,(H,26,27). The average Bonchev–Trinajstić information content (AvgIpc) is 2.83. The number of halogens is 3. The summed E-state index contributed by atoms with van der Waals surface area (Å²) in [6.45, 7) is 5.93. The van der Waals surface area contributed by atoms with Gasteiger partial charge in [0.05, 0.1) is 18.2 Å². The number of nitrogens with one attached hydrogen (secondary N) is 1. The van der Waals surface area contributed by atoms with Gasteiger partial charge in [-0.1, -0.05) is 38.1 Å². The first-order chi connectivity index (χ1) is 13.0. The van der Waals surface area contributed by atoms with Crippen LogP contribution in [0.4, 0.5) is 18.0 Å². The molecule has 0 aliphatic heterocycles. The number of carbonyl (C=O) groups is 1. The number of ether oxygens (including phenoxy) is 1. The Balaban J connectivity index is 2.04. The van der Waals surface area contributed by atoms with Crippen LogP contribution in [-0.4, -0.2) is 17.8 Å². The second-order valence-corrected chi connectivity index (χ2v) is 7.60. The first-order valence-corrected chi connectivity index (χ1v) is 8.99. The van der Waals surface area contributed by atoms with Crippen LogP contribution in [0.1, 0.15) is 43.5 Å². The van der Waals surface area contributed by atoms with Crippen molar-refractivity contribution in [2.24, 2.45) is 5.41 Å². The highest BCUT2D eigenvalue weighted by molar-refractivity contribution is 5.73. The lowest BCUT2D eigenvalue weighted by atomic mass is 9.85. The predicted molar refractivity (Wildman–Crippen MR) is 99.4 cm³/mol. The molecule has 7 heteroatoms. The van der Waals surface area contributed by atoms with E-state index in [2.05, 4.69) is 5.32 Å². The Labute approximate surface area is 161 Å². The van der Waals surface area contributed by atoms with Gasteiger partial charge in [-0.15, -0.1) is 0 Å².